The Morgan fingerprint density at radius 2 is 1.89 bits per heavy atom. The van der Waals surface area contributed by atoms with Crippen molar-refractivity contribution >= 4 is 23.6 Å². The molecule has 0 saturated carbocycles. The molecule has 2 aromatic rings. The van der Waals surface area contributed by atoms with E-state index in [0.29, 0.717) is 11.3 Å². The number of methoxy groups -OCH3 is 1. The van der Waals surface area contributed by atoms with Crippen LogP contribution in [0.3, 0.4) is 0 Å². The van der Waals surface area contributed by atoms with Crippen LogP contribution in [-0.2, 0) is 14.3 Å². The van der Waals surface area contributed by atoms with Crippen molar-refractivity contribution in [1.82, 2.24) is 0 Å². The molecular formula is C19H14F2N2O4. The molecule has 0 unspecified atom stereocenters. The lowest BCUT2D eigenvalue weighted by atomic mass is 10.1. The topological polar surface area (TPSA) is 88.4 Å². The lowest BCUT2D eigenvalue weighted by Crippen LogP contribution is -2.22. The van der Waals surface area contributed by atoms with Crippen molar-refractivity contribution in [2.75, 3.05) is 19.0 Å². The Labute approximate surface area is 153 Å². The standard InChI is InChI=1S/C19H14F2N2O4/c1-26-15-5-2-12(3-6-15)8-13(10-22)19(25)27-11-18(24)23-17-9-14(20)4-7-16(17)21/h2-9H,11H2,1H3,(H,23,24)/b13-8+. The van der Waals surface area contributed by atoms with Crippen LogP contribution in [0, 0.1) is 23.0 Å². The van der Waals surface area contributed by atoms with Crippen LogP contribution in [0.5, 0.6) is 5.75 Å². The first-order valence-corrected chi connectivity index (χ1v) is 7.61. The lowest BCUT2D eigenvalue weighted by Gasteiger charge is -2.07. The molecule has 0 radical (unpaired) electrons. The number of benzene rings is 2. The number of carbonyl (C=O) groups is 2. The number of nitrogens with zero attached hydrogens (tertiary/aromatic N) is 1. The summed E-state index contributed by atoms with van der Waals surface area (Å²) >= 11 is 0. The fraction of sp³-hybridized carbons (Fsp3) is 0.105. The molecule has 0 saturated heterocycles. The third-order valence-electron chi connectivity index (χ3n) is 3.30. The zero-order valence-corrected chi connectivity index (χ0v) is 14.2. The maximum atomic E-state index is 13.5. The number of hydrogen-bond donors (Lipinski definition) is 1. The lowest BCUT2D eigenvalue weighted by molar-refractivity contribution is -0.142. The van der Waals surface area contributed by atoms with E-state index in [-0.39, 0.29) is 11.3 Å². The minimum absolute atomic E-state index is 0.329. The van der Waals surface area contributed by atoms with Crippen molar-refractivity contribution < 1.29 is 27.8 Å². The van der Waals surface area contributed by atoms with Gasteiger partial charge in [-0.1, -0.05) is 12.1 Å². The molecular weight excluding hydrogens is 358 g/mol. The van der Waals surface area contributed by atoms with Crippen molar-refractivity contribution in [2.24, 2.45) is 0 Å². The molecule has 0 atom stereocenters. The van der Waals surface area contributed by atoms with Crippen molar-refractivity contribution in [3.05, 3.63) is 65.2 Å². The van der Waals surface area contributed by atoms with Gasteiger partial charge in [-0.05, 0) is 35.9 Å². The summed E-state index contributed by atoms with van der Waals surface area (Å²) in [5.74, 6) is -2.88. The van der Waals surface area contributed by atoms with Crippen LogP contribution in [-0.4, -0.2) is 25.6 Å². The van der Waals surface area contributed by atoms with Gasteiger partial charge in [0.1, 0.15) is 29.0 Å². The van der Waals surface area contributed by atoms with Gasteiger partial charge in [-0.15, -0.1) is 0 Å². The van der Waals surface area contributed by atoms with Gasteiger partial charge in [0.25, 0.3) is 5.91 Å². The van der Waals surface area contributed by atoms with E-state index < -0.39 is 30.1 Å². The number of nitriles is 1. The number of hydrogen-bond acceptors (Lipinski definition) is 5. The van der Waals surface area contributed by atoms with E-state index in [4.69, 9.17) is 14.7 Å². The van der Waals surface area contributed by atoms with Gasteiger partial charge in [0.2, 0.25) is 0 Å². The zero-order valence-electron chi connectivity index (χ0n) is 14.2. The highest BCUT2D eigenvalue weighted by atomic mass is 19.1. The molecule has 6 nitrogen and oxygen atoms in total. The van der Waals surface area contributed by atoms with E-state index >= 15 is 0 Å². The Bertz CT molecular complexity index is 918. The summed E-state index contributed by atoms with van der Waals surface area (Å²) < 4.78 is 36.3. The van der Waals surface area contributed by atoms with Gasteiger partial charge in [0.15, 0.2) is 6.61 Å². The van der Waals surface area contributed by atoms with Gasteiger partial charge < -0.3 is 14.8 Å². The van der Waals surface area contributed by atoms with Crippen LogP contribution in [0.2, 0.25) is 0 Å². The number of nitrogens with one attached hydrogen (secondary N) is 1. The van der Waals surface area contributed by atoms with Crippen molar-refractivity contribution in [1.29, 1.82) is 5.26 Å². The number of esters is 1. The smallest absolute Gasteiger partial charge is 0.349 e. The number of halogens is 2. The van der Waals surface area contributed by atoms with Crippen molar-refractivity contribution in [2.45, 2.75) is 0 Å². The monoisotopic (exact) mass is 372 g/mol. The van der Waals surface area contributed by atoms with E-state index in [1.165, 1.54) is 13.2 Å². The van der Waals surface area contributed by atoms with Crippen LogP contribution in [0.15, 0.2) is 48.0 Å². The second-order valence-electron chi connectivity index (χ2n) is 5.19. The quantitative estimate of drug-likeness (QED) is 0.478. The Hall–Kier alpha value is -3.73. The first-order chi connectivity index (χ1) is 12.9. The highest BCUT2D eigenvalue weighted by Gasteiger charge is 2.14. The maximum Gasteiger partial charge on any atom is 0.349 e. The molecule has 27 heavy (non-hydrogen) atoms. The predicted molar refractivity (Wildman–Crippen MR) is 92.5 cm³/mol. The summed E-state index contributed by atoms with van der Waals surface area (Å²) in [5, 5.41) is 11.2. The third kappa shape index (κ3) is 5.64. The Morgan fingerprint density at radius 1 is 1.19 bits per heavy atom. The zero-order chi connectivity index (χ0) is 19.8. The van der Waals surface area contributed by atoms with Crippen LogP contribution in [0.25, 0.3) is 6.08 Å². The second kappa shape index (κ2) is 9.10. The van der Waals surface area contributed by atoms with Crippen LogP contribution < -0.4 is 10.1 Å². The van der Waals surface area contributed by atoms with Gasteiger partial charge in [-0.2, -0.15) is 5.26 Å². The Kier molecular flexibility index (Phi) is 6.61. The average Bonchev–Trinajstić information content (AvgIpc) is 2.67. The van der Waals surface area contributed by atoms with Gasteiger partial charge in [0.05, 0.1) is 12.8 Å². The summed E-state index contributed by atoms with van der Waals surface area (Å²) in [6, 6.07) is 10.8. The Morgan fingerprint density at radius 3 is 2.52 bits per heavy atom. The van der Waals surface area contributed by atoms with Gasteiger partial charge in [-0.25, -0.2) is 13.6 Å². The highest BCUT2D eigenvalue weighted by Crippen LogP contribution is 2.16. The highest BCUT2D eigenvalue weighted by molar-refractivity contribution is 6.00. The molecule has 0 spiro atoms. The van der Waals surface area contributed by atoms with Gasteiger partial charge in [-0.3, -0.25) is 4.79 Å². The number of amides is 1. The van der Waals surface area contributed by atoms with Crippen molar-refractivity contribution in [3.8, 4) is 11.8 Å². The second-order valence-corrected chi connectivity index (χ2v) is 5.19. The molecule has 0 fully saturated rings. The number of ether oxygens (including phenoxy) is 2. The number of carbonyl (C=O) groups excluding carboxylic acids is 2. The summed E-state index contributed by atoms with van der Waals surface area (Å²) in [6.07, 6.45) is 1.28. The molecule has 2 rings (SSSR count). The molecule has 1 N–H and O–H groups in total. The van der Waals surface area contributed by atoms with Crippen LogP contribution >= 0.6 is 0 Å². The summed E-state index contributed by atoms with van der Waals surface area (Å²) in [6.45, 7) is -0.767. The van der Waals surface area contributed by atoms with E-state index in [1.54, 1.807) is 30.3 Å². The minimum atomic E-state index is -1.02. The molecule has 138 valence electrons. The van der Waals surface area contributed by atoms with E-state index in [1.807, 2.05) is 0 Å². The molecule has 1 amide bonds. The summed E-state index contributed by atoms with van der Waals surface area (Å²) in [4.78, 5) is 23.7. The number of rotatable bonds is 6. The molecule has 0 bridgehead atoms. The SMILES string of the molecule is COc1ccc(/C=C(\C#N)C(=O)OCC(=O)Nc2cc(F)ccc2F)cc1. The largest absolute Gasteiger partial charge is 0.497 e. The normalized spacial score (nSPS) is 10.7. The summed E-state index contributed by atoms with van der Waals surface area (Å²) in [7, 11) is 1.50. The Balaban J connectivity index is 1.97. The fourth-order valence-corrected chi connectivity index (χ4v) is 1.99. The first kappa shape index (κ1) is 19.6. The molecule has 8 heteroatoms. The summed E-state index contributed by atoms with van der Waals surface area (Å²) in [5.41, 5.74) is -0.161. The van der Waals surface area contributed by atoms with E-state index in [0.717, 1.165) is 18.2 Å². The fourth-order valence-electron chi connectivity index (χ4n) is 1.99. The van der Waals surface area contributed by atoms with E-state index in [9.17, 15) is 18.4 Å². The maximum absolute atomic E-state index is 13.5. The van der Waals surface area contributed by atoms with Crippen LogP contribution in [0.1, 0.15) is 5.56 Å². The van der Waals surface area contributed by atoms with Gasteiger partial charge in [0, 0.05) is 6.07 Å². The predicted octanol–water partition coefficient (Wildman–Crippen LogP) is 3.06. The molecule has 0 aliphatic heterocycles. The number of anilines is 1. The van der Waals surface area contributed by atoms with Crippen LogP contribution in [0.4, 0.5) is 14.5 Å². The molecule has 2 aromatic carbocycles. The third-order valence-corrected chi connectivity index (χ3v) is 3.30. The van der Waals surface area contributed by atoms with Gasteiger partial charge >= 0.3 is 5.97 Å². The first-order valence-electron chi connectivity index (χ1n) is 7.61. The van der Waals surface area contributed by atoms with E-state index in [2.05, 4.69) is 5.32 Å². The molecule has 0 aliphatic carbocycles. The minimum Gasteiger partial charge on any atom is -0.497 e. The molecule has 0 aromatic heterocycles. The molecule has 0 heterocycles. The molecule has 0 aliphatic rings. The average molecular weight is 372 g/mol. The van der Waals surface area contributed by atoms with Crippen molar-refractivity contribution in [3.63, 3.8) is 0 Å².